The van der Waals surface area contributed by atoms with Crippen molar-refractivity contribution < 1.29 is 23.9 Å². The van der Waals surface area contributed by atoms with E-state index < -0.39 is 11.9 Å². The lowest BCUT2D eigenvalue weighted by molar-refractivity contribution is -0.137. The summed E-state index contributed by atoms with van der Waals surface area (Å²) >= 11 is 0. The minimum Gasteiger partial charge on any atom is -0.439 e. The minimum absolute atomic E-state index is 0.103. The van der Waals surface area contributed by atoms with Crippen LogP contribution in [0.5, 0.6) is 11.6 Å². The Morgan fingerprint density at radius 1 is 1.03 bits per heavy atom. The molecule has 1 aromatic heterocycles. The van der Waals surface area contributed by atoms with Crippen molar-refractivity contribution in [2.24, 2.45) is 0 Å². The highest BCUT2D eigenvalue weighted by atomic mass is 16.5. The highest BCUT2D eigenvalue weighted by Crippen LogP contribution is 2.28. The number of piperidine rings is 1. The van der Waals surface area contributed by atoms with E-state index in [1.54, 1.807) is 18.3 Å². The molecule has 1 atom stereocenters. The highest BCUT2D eigenvalue weighted by molar-refractivity contribution is 6.05. The summed E-state index contributed by atoms with van der Waals surface area (Å²) in [6.07, 6.45) is 3.44. The summed E-state index contributed by atoms with van der Waals surface area (Å²) in [5.74, 6) is 0.296. The van der Waals surface area contributed by atoms with E-state index in [2.05, 4.69) is 10.3 Å². The maximum absolute atomic E-state index is 12.8. The molecule has 1 N–H and O–H groups in total. The number of aryl methyl sites for hydroxylation is 1. The molecule has 36 heavy (non-hydrogen) atoms. The number of ether oxygens (including phenoxy) is 1. The van der Waals surface area contributed by atoms with Crippen molar-refractivity contribution in [3.05, 3.63) is 89.1 Å². The Morgan fingerprint density at radius 3 is 2.72 bits per heavy atom. The third-order valence-electron chi connectivity index (χ3n) is 6.44. The smallest absolute Gasteiger partial charge is 0.255 e. The molecule has 2 aliphatic heterocycles. The number of fused-ring (bicyclic) bond motifs is 1. The predicted octanol–water partition coefficient (Wildman–Crippen LogP) is 3.38. The highest BCUT2D eigenvalue weighted by Gasteiger charge is 2.39. The van der Waals surface area contributed by atoms with Crippen molar-refractivity contribution in [3.8, 4) is 11.6 Å². The molecular weight excluding hydrogens is 458 g/mol. The molecule has 1 fully saturated rings. The zero-order valence-electron chi connectivity index (χ0n) is 19.6. The Balaban J connectivity index is 1.17. The van der Waals surface area contributed by atoms with Crippen LogP contribution in [0, 0.1) is 0 Å². The van der Waals surface area contributed by atoms with E-state index in [9.17, 15) is 19.2 Å². The summed E-state index contributed by atoms with van der Waals surface area (Å²) in [6, 6.07) is 17.8. The van der Waals surface area contributed by atoms with Crippen LogP contribution in [0.4, 0.5) is 0 Å². The zero-order chi connectivity index (χ0) is 25.1. The van der Waals surface area contributed by atoms with Crippen LogP contribution in [0.2, 0.25) is 0 Å². The van der Waals surface area contributed by atoms with Crippen LogP contribution in [0.15, 0.2) is 66.9 Å². The van der Waals surface area contributed by atoms with Crippen molar-refractivity contribution in [3.63, 3.8) is 0 Å². The van der Waals surface area contributed by atoms with Gasteiger partial charge in [-0.2, -0.15) is 0 Å². The summed E-state index contributed by atoms with van der Waals surface area (Å²) in [7, 11) is 0. The average molecular weight is 484 g/mol. The number of carbonyl (C=O) groups excluding carboxylic acids is 4. The van der Waals surface area contributed by atoms with Crippen molar-refractivity contribution >= 4 is 23.5 Å². The van der Waals surface area contributed by atoms with E-state index in [0.29, 0.717) is 49.4 Å². The maximum Gasteiger partial charge on any atom is 0.255 e. The second kappa shape index (κ2) is 10.1. The summed E-state index contributed by atoms with van der Waals surface area (Å²) in [5.41, 5.74) is 3.24. The van der Waals surface area contributed by atoms with Gasteiger partial charge in [0.15, 0.2) is 0 Å². The van der Waals surface area contributed by atoms with Crippen molar-refractivity contribution in [2.75, 3.05) is 0 Å². The molecule has 3 aromatic rings. The predicted molar refractivity (Wildman–Crippen MR) is 130 cm³/mol. The van der Waals surface area contributed by atoms with Gasteiger partial charge < -0.3 is 9.64 Å². The fourth-order valence-corrected chi connectivity index (χ4v) is 4.63. The van der Waals surface area contributed by atoms with Crippen molar-refractivity contribution in [2.45, 2.75) is 44.7 Å². The number of benzene rings is 2. The van der Waals surface area contributed by atoms with E-state index >= 15 is 0 Å². The first-order chi connectivity index (χ1) is 17.5. The summed E-state index contributed by atoms with van der Waals surface area (Å²) in [4.78, 5) is 54.9. The van der Waals surface area contributed by atoms with E-state index in [1.807, 2.05) is 48.5 Å². The summed E-state index contributed by atoms with van der Waals surface area (Å²) in [6.45, 7) is 0.325. The fourth-order valence-electron chi connectivity index (χ4n) is 4.63. The van der Waals surface area contributed by atoms with Crippen molar-refractivity contribution in [1.29, 1.82) is 0 Å². The number of nitrogens with one attached hydrogen (secondary N) is 1. The molecule has 3 heterocycles. The van der Waals surface area contributed by atoms with Crippen molar-refractivity contribution in [1.82, 2.24) is 15.2 Å². The molecule has 0 aliphatic carbocycles. The molecule has 8 heteroatoms. The largest absolute Gasteiger partial charge is 0.439 e. The quantitative estimate of drug-likeness (QED) is 0.493. The fraction of sp³-hybridized carbons (Fsp3) is 0.250. The zero-order valence-corrected chi connectivity index (χ0v) is 19.6. The Labute approximate surface area is 208 Å². The number of rotatable bonds is 8. The van der Waals surface area contributed by atoms with Gasteiger partial charge >= 0.3 is 0 Å². The molecular formula is C28H25N3O5. The Kier molecular flexibility index (Phi) is 6.58. The lowest BCUT2D eigenvalue weighted by Crippen LogP contribution is -2.52. The molecule has 182 valence electrons. The number of carbonyl (C=O) groups is 4. The third-order valence-corrected chi connectivity index (χ3v) is 6.44. The maximum atomic E-state index is 12.8. The van der Waals surface area contributed by atoms with Gasteiger partial charge in [0.05, 0.1) is 0 Å². The van der Waals surface area contributed by atoms with Gasteiger partial charge in [0.25, 0.3) is 5.91 Å². The van der Waals surface area contributed by atoms with Crippen LogP contribution >= 0.6 is 0 Å². The topological polar surface area (TPSA) is 106 Å². The van der Waals surface area contributed by atoms with Gasteiger partial charge in [-0.3, -0.25) is 24.5 Å². The van der Waals surface area contributed by atoms with Gasteiger partial charge in [-0.25, -0.2) is 4.98 Å². The molecule has 2 aromatic carbocycles. The number of amides is 3. The summed E-state index contributed by atoms with van der Waals surface area (Å²) < 4.78 is 5.75. The molecule has 2 aliphatic rings. The molecule has 0 spiro atoms. The molecule has 3 amide bonds. The number of Topliss-reactive ketones (excluding diaryl/α,β-unsaturated/α-hetero) is 1. The second-order valence-electron chi connectivity index (χ2n) is 9.02. The van der Waals surface area contributed by atoms with Crippen LogP contribution in [0.1, 0.15) is 46.3 Å². The normalized spacial score (nSPS) is 17.1. The number of pyridine rings is 1. The SMILES string of the molecule is O=C(CCc1ccc2c(c1)CN(C1CCC(=O)NC1=O)C2=O)Cc1cccc(Oc2ccccn2)c1. The average Bonchev–Trinajstić information content (AvgIpc) is 3.19. The van der Waals surface area contributed by atoms with Crippen LogP contribution in [-0.2, 0) is 33.8 Å². The Morgan fingerprint density at radius 2 is 1.92 bits per heavy atom. The number of nitrogens with zero attached hydrogens (tertiary/aromatic N) is 2. The number of imide groups is 1. The van der Waals surface area contributed by atoms with E-state index in [0.717, 1.165) is 16.7 Å². The van der Waals surface area contributed by atoms with Gasteiger partial charge in [-0.15, -0.1) is 0 Å². The van der Waals surface area contributed by atoms with Gasteiger partial charge in [0.2, 0.25) is 17.7 Å². The second-order valence-corrected chi connectivity index (χ2v) is 9.02. The lowest BCUT2D eigenvalue weighted by atomic mass is 9.99. The van der Waals surface area contributed by atoms with Gasteiger partial charge in [-0.05, 0) is 53.8 Å². The Bertz CT molecular complexity index is 1340. The monoisotopic (exact) mass is 483 g/mol. The van der Waals surface area contributed by atoms with Gasteiger partial charge in [-0.1, -0.05) is 30.3 Å². The first-order valence-electron chi connectivity index (χ1n) is 11.9. The van der Waals surface area contributed by atoms with E-state index in [1.165, 1.54) is 4.90 Å². The molecule has 5 rings (SSSR count). The number of hydrogen-bond acceptors (Lipinski definition) is 6. The number of ketones is 1. The van der Waals surface area contributed by atoms with Crippen LogP contribution in [-0.4, -0.2) is 39.4 Å². The molecule has 1 saturated heterocycles. The van der Waals surface area contributed by atoms with Crippen LogP contribution < -0.4 is 10.1 Å². The molecule has 1 unspecified atom stereocenters. The van der Waals surface area contributed by atoms with Crippen LogP contribution in [0.3, 0.4) is 0 Å². The molecule has 0 bridgehead atoms. The van der Waals surface area contributed by atoms with E-state index in [4.69, 9.17) is 4.74 Å². The Hall–Kier alpha value is -4.33. The number of aromatic nitrogens is 1. The first-order valence-corrected chi connectivity index (χ1v) is 11.9. The number of hydrogen-bond donors (Lipinski definition) is 1. The van der Waals surface area contributed by atoms with Gasteiger partial charge in [0.1, 0.15) is 17.6 Å². The van der Waals surface area contributed by atoms with Crippen LogP contribution in [0.25, 0.3) is 0 Å². The lowest BCUT2D eigenvalue weighted by Gasteiger charge is -2.29. The summed E-state index contributed by atoms with van der Waals surface area (Å²) in [5, 5.41) is 2.31. The van der Waals surface area contributed by atoms with Gasteiger partial charge in [0, 0.05) is 43.6 Å². The third kappa shape index (κ3) is 5.17. The molecule has 0 radical (unpaired) electrons. The van der Waals surface area contributed by atoms with E-state index in [-0.39, 0.29) is 24.0 Å². The minimum atomic E-state index is -0.634. The standard InChI is InChI=1S/C28H25N3O5/c32-21(15-19-4-3-5-22(16-19)36-26-6-1-2-13-29-26)9-7-18-8-10-23-20(14-18)17-31(28(23)35)24-11-12-25(33)30-27(24)34/h1-6,8,10,13-14,16,24H,7,9,11-12,15,17H2,(H,30,33,34). The molecule has 0 saturated carbocycles. The molecule has 8 nitrogen and oxygen atoms in total. The first kappa shape index (κ1) is 23.4.